The molecule has 0 amide bonds. The third kappa shape index (κ3) is 2.84. The summed E-state index contributed by atoms with van der Waals surface area (Å²) >= 11 is 3.14. The summed E-state index contributed by atoms with van der Waals surface area (Å²) in [5, 5.41) is 10.5. The first kappa shape index (κ1) is 14.2. The predicted octanol–water partition coefficient (Wildman–Crippen LogP) is 3.34. The van der Waals surface area contributed by atoms with Crippen LogP contribution >= 0.6 is 22.7 Å². The van der Waals surface area contributed by atoms with Crippen molar-refractivity contribution in [2.75, 3.05) is 5.32 Å². The largest absolute Gasteiger partial charge is 0.352 e. The van der Waals surface area contributed by atoms with Crippen LogP contribution in [0.2, 0.25) is 0 Å². The summed E-state index contributed by atoms with van der Waals surface area (Å²) < 4.78 is 1.37. The normalized spacial score (nSPS) is 12.7. The van der Waals surface area contributed by atoms with Gasteiger partial charge in [-0.2, -0.15) is 4.52 Å². The second-order valence-electron chi connectivity index (χ2n) is 4.66. The van der Waals surface area contributed by atoms with Gasteiger partial charge in [0.2, 0.25) is 10.1 Å². The van der Waals surface area contributed by atoms with Crippen LogP contribution in [0.1, 0.15) is 36.9 Å². The third-order valence-electron chi connectivity index (χ3n) is 3.25. The first-order valence-electron chi connectivity index (χ1n) is 6.91. The maximum absolute atomic E-state index is 12.0. The average molecular weight is 320 g/mol. The summed E-state index contributed by atoms with van der Waals surface area (Å²) in [7, 11) is 0. The van der Waals surface area contributed by atoms with Crippen LogP contribution in [0.5, 0.6) is 0 Å². The fraction of sp³-hybridized carbons (Fsp3) is 0.357. The van der Waals surface area contributed by atoms with Crippen molar-refractivity contribution in [2.45, 2.75) is 32.7 Å². The topological polar surface area (TPSA) is 59.3 Å². The Labute approximate surface area is 130 Å². The molecule has 3 heterocycles. The van der Waals surface area contributed by atoms with E-state index in [4.69, 9.17) is 0 Å². The molecule has 21 heavy (non-hydrogen) atoms. The van der Waals surface area contributed by atoms with Gasteiger partial charge in [0.1, 0.15) is 0 Å². The first-order valence-corrected chi connectivity index (χ1v) is 8.60. The number of fused-ring (bicyclic) bond motifs is 1. The minimum Gasteiger partial charge on any atom is -0.352 e. The van der Waals surface area contributed by atoms with E-state index < -0.39 is 0 Å². The molecule has 1 atom stereocenters. The summed E-state index contributed by atoms with van der Waals surface area (Å²) in [6.07, 6.45) is 1.71. The van der Waals surface area contributed by atoms with Gasteiger partial charge in [0.15, 0.2) is 0 Å². The van der Waals surface area contributed by atoms with Crippen molar-refractivity contribution in [3.63, 3.8) is 0 Å². The molecule has 1 N–H and O–H groups in total. The maximum Gasteiger partial charge on any atom is 0.275 e. The molecule has 0 aromatic carbocycles. The zero-order valence-corrected chi connectivity index (χ0v) is 13.5. The Morgan fingerprint density at radius 2 is 2.29 bits per heavy atom. The second kappa shape index (κ2) is 5.95. The SMILES string of the molecule is CCc1cc(=O)n2nc(NC(CC)c3cccs3)sc2n1. The fourth-order valence-corrected chi connectivity index (χ4v) is 3.85. The molecule has 110 valence electrons. The van der Waals surface area contributed by atoms with E-state index in [9.17, 15) is 4.79 Å². The number of nitrogens with one attached hydrogen (secondary N) is 1. The van der Waals surface area contributed by atoms with Crippen LogP contribution in [0.15, 0.2) is 28.4 Å². The summed E-state index contributed by atoms with van der Waals surface area (Å²) in [6.45, 7) is 4.12. The number of rotatable bonds is 5. The lowest BCUT2D eigenvalue weighted by atomic mass is 10.2. The summed E-state index contributed by atoms with van der Waals surface area (Å²) in [5.74, 6) is 0. The Morgan fingerprint density at radius 3 is 2.95 bits per heavy atom. The number of aryl methyl sites for hydroxylation is 1. The zero-order valence-electron chi connectivity index (χ0n) is 11.9. The molecule has 7 heteroatoms. The lowest BCUT2D eigenvalue weighted by Crippen LogP contribution is -2.15. The number of hydrogen-bond donors (Lipinski definition) is 1. The smallest absolute Gasteiger partial charge is 0.275 e. The van der Waals surface area contributed by atoms with Crippen molar-refractivity contribution < 1.29 is 0 Å². The van der Waals surface area contributed by atoms with Gasteiger partial charge < -0.3 is 5.32 Å². The van der Waals surface area contributed by atoms with E-state index >= 15 is 0 Å². The Morgan fingerprint density at radius 1 is 1.43 bits per heavy atom. The second-order valence-corrected chi connectivity index (χ2v) is 6.60. The molecule has 0 bridgehead atoms. The van der Waals surface area contributed by atoms with Crippen LogP contribution in [0.4, 0.5) is 5.13 Å². The van der Waals surface area contributed by atoms with E-state index in [0.717, 1.165) is 23.7 Å². The van der Waals surface area contributed by atoms with Crippen molar-refractivity contribution in [1.29, 1.82) is 0 Å². The lowest BCUT2D eigenvalue weighted by molar-refractivity contribution is 0.755. The van der Waals surface area contributed by atoms with Gasteiger partial charge in [-0.05, 0) is 24.3 Å². The maximum atomic E-state index is 12.0. The highest BCUT2D eigenvalue weighted by Crippen LogP contribution is 2.28. The molecule has 3 aromatic rings. The zero-order chi connectivity index (χ0) is 14.8. The van der Waals surface area contributed by atoms with Gasteiger partial charge >= 0.3 is 0 Å². The Bertz CT molecular complexity index is 791. The monoisotopic (exact) mass is 320 g/mol. The Hall–Kier alpha value is -1.73. The summed E-state index contributed by atoms with van der Waals surface area (Å²) in [5.41, 5.74) is 0.686. The van der Waals surface area contributed by atoms with Crippen molar-refractivity contribution >= 4 is 32.8 Å². The molecule has 5 nitrogen and oxygen atoms in total. The van der Waals surface area contributed by atoms with Crippen molar-refractivity contribution in [2.24, 2.45) is 0 Å². The van der Waals surface area contributed by atoms with Crippen LogP contribution < -0.4 is 10.9 Å². The number of thiophene rings is 1. The van der Waals surface area contributed by atoms with Crippen LogP contribution in [-0.2, 0) is 6.42 Å². The van der Waals surface area contributed by atoms with E-state index in [1.54, 1.807) is 17.4 Å². The Kier molecular flexibility index (Phi) is 4.03. The van der Waals surface area contributed by atoms with Gasteiger partial charge in [0.25, 0.3) is 5.56 Å². The van der Waals surface area contributed by atoms with Gasteiger partial charge in [-0.25, -0.2) is 4.98 Å². The predicted molar refractivity (Wildman–Crippen MR) is 87.5 cm³/mol. The van der Waals surface area contributed by atoms with E-state index in [1.165, 1.54) is 20.7 Å². The van der Waals surface area contributed by atoms with Crippen molar-refractivity contribution in [1.82, 2.24) is 14.6 Å². The van der Waals surface area contributed by atoms with Crippen LogP contribution in [0.25, 0.3) is 4.96 Å². The van der Waals surface area contributed by atoms with E-state index in [1.807, 2.05) is 13.0 Å². The van der Waals surface area contributed by atoms with Crippen molar-refractivity contribution in [3.8, 4) is 0 Å². The number of hydrogen-bond acceptors (Lipinski definition) is 6. The standard InChI is InChI=1S/C14H16N4OS2/c1-3-9-8-12(19)18-14(15-9)21-13(17-18)16-10(4-2)11-6-5-7-20-11/h5-8,10H,3-4H2,1-2H3,(H,16,17). The minimum atomic E-state index is -0.120. The highest BCUT2D eigenvalue weighted by Gasteiger charge is 2.14. The molecule has 0 saturated carbocycles. The molecule has 0 fully saturated rings. The number of aromatic nitrogens is 3. The van der Waals surface area contributed by atoms with E-state index in [2.05, 4.69) is 33.8 Å². The fourth-order valence-electron chi connectivity index (χ4n) is 2.11. The third-order valence-corrected chi connectivity index (χ3v) is 5.08. The molecular formula is C14H16N4OS2. The molecule has 0 aliphatic heterocycles. The molecule has 0 radical (unpaired) electrons. The van der Waals surface area contributed by atoms with Crippen LogP contribution in [0.3, 0.4) is 0 Å². The summed E-state index contributed by atoms with van der Waals surface area (Å²) in [4.78, 5) is 18.4. The van der Waals surface area contributed by atoms with Crippen molar-refractivity contribution in [3.05, 3.63) is 44.5 Å². The Balaban J connectivity index is 1.94. The van der Waals surface area contributed by atoms with E-state index in [0.29, 0.717) is 4.96 Å². The molecular weight excluding hydrogens is 304 g/mol. The van der Waals surface area contributed by atoms with Crippen LogP contribution in [-0.4, -0.2) is 14.6 Å². The molecule has 0 aliphatic rings. The van der Waals surface area contributed by atoms with Crippen LogP contribution in [0, 0.1) is 0 Å². The molecule has 0 aliphatic carbocycles. The molecule has 1 unspecified atom stereocenters. The van der Waals surface area contributed by atoms with Gasteiger partial charge in [-0.1, -0.05) is 31.3 Å². The quantitative estimate of drug-likeness (QED) is 0.783. The highest BCUT2D eigenvalue weighted by molar-refractivity contribution is 7.20. The van der Waals surface area contributed by atoms with Gasteiger partial charge in [0.05, 0.1) is 6.04 Å². The van der Waals surface area contributed by atoms with Gasteiger partial charge in [0, 0.05) is 16.6 Å². The minimum absolute atomic E-state index is 0.120. The van der Waals surface area contributed by atoms with Gasteiger partial charge in [-0.3, -0.25) is 4.79 Å². The van der Waals surface area contributed by atoms with E-state index in [-0.39, 0.29) is 11.6 Å². The molecule has 3 aromatic heterocycles. The first-order chi connectivity index (χ1) is 10.2. The molecule has 3 rings (SSSR count). The molecule has 0 spiro atoms. The van der Waals surface area contributed by atoms with Gasteiger partial charge in [-0.15, -0.1) is 16.4 Å². The molecule has 0 saturated heterocycles. The highest BCUT2D eigenvalue weighted by atomic mass is 32.1. The number of nitrogens with zero attached hydrogens (tertiary/aromatic N) is 3. The average Bonchev–Trinajstić information content (AvgIpc) is 3.13. The number of anilines is 1. The lowest BCUT2D eigenvalue weighted by Gasteiger charge is -2.13. The summed E-state index contributed by atoms with van der Waals surface area (Å²) in [6, 6.07) is 5.92.